The molecule has 3 atom stereocenters. The quantitative estimate of drug-likeness (QED) is 0.0334. The van der Waals surface area contributed by atoms with Crippen LogP contribution in [-0.2, 0) is 14.3 Å². The van der Waals surface area contributed by atoms with Gasteiger partial charge in [0.15, 0.2) is 5.78 Å². The van der Waals surface area contributed by atoms with E-state index in [-0.39, 0.29) is 35.7 Å². The third kappa shape index (κ3) is 20.8. The van der Waals surface area contributed by atoms with Gasteiger partial charge in [0.1, 0.15) is 6.61 Å². The van der Waals surface area contributed by atoms with Crippen molar-refractivity contribution in [3.05, 3.63) is 130 Å². The van der Waals surface area contributed by atoms with Crippen molar-refractivity contribution in [3.63, 3.8) is 0 Å². The Morgan fingerprint density at radius 3 is 1.90 bits per heavy atom. The van der Waals surface area contributed by atoms with Crippen molar-refractivity contribution in [1.82, 2.24) is 0 Å². The van der Waals surface area contributed by atoms with Crippen LogP contribution in [0.4, 0.5) is 0 Å². The summed E-state index contributed by atoms with van der Waals surface area (Å²) < 4.78 is 5.60. The first-order valence-electron chi connectivity index (χ1n) is 22.5. The van der Waals surface area contributed by atoms with Gasteiger partial charge in [-0.15, -0.1) is 0 Å². The molecule has 2 aliphatic carbocycles. The Hall–Kier alpha value is -3.80. The van der Waals surface area contributed by atoms with Crippen LogP contribution in [0.25, 0.3) is 0 Å². The van der Waals surface area contributed by atoms with E-state index in [4.69, 9.17) is 4.74 Å². The third-order valence-corrected chi connectivity index (χ3v) is 11.7. The van der Waals surface area contributed by atoms with Gasteiger partial charge in [-0.05, 0) is 77.6 Å². The molecule has 0 aromatic heterocycles. The molecule has 0 unspecified atom stereocenters. The molecule has 0 saturated carbocycles. The monoisotopic (exact) mass is 809 g/mol. The number of Topliss-reactive ketones (excluding diaryl/α,β-unsaturated/α-hetero) is 1. The molecule has 0 amide bonds. The number of carbonyl (C=O) groups is 2. The summed E-state index contributed by atoms with van der Waals surface area (Å²) in [7, 11) is 0. The number of hydrogen-bond acceptors (Lipinski definition) is 5. The Morgan fingerprint density at radius 2 is 1.31 bits per heavy atom. The molecule has 0 aliphatic heterocycles. The number of hydrogen-bond donors (Lipinski definition) is 2. The molecule has 0 fully saturated rings. The molecule has 2 N–H and O–H groups in total. The maximum absolute atomic E-state index is 13.7. The first kappa shape index (κ1) is 51.3. The Labute approximate surface area is 360 Å². The summed E-state index contributed by atoms with van der Waals surface area (Å²) in [6, 6.07) is 0. The van der Waals surface area contributed by atoms with Crippen LogP contribution in [0.5, 0.6) is 0 Å². The summed E-state index contributed by atoms with van der Waals surface area (Å²) in [5.41, 5.74) is 6.83. The number of ether oxygens (including phenoxy) is 1. The topological polar surface area (TPSA) is 83.8 Å². The van der Waals surface area contributed by atoms with Crippen LogP contribution < -0.4 is 0 Å². The zero-order chi connectivity index (χ0) is 43.8. The maximum atomic E-state index is 13.7. The van der Waals surface area contributed by atoms with E-state index in [9.17, 15) is 19.8 Å². The number of aliphatic hydroxyl groups excluding tert-OH is 2. The van der Waals surface area contributed by atoms with Crippen molar-refractivity contribution < 1.29 is 24.5 Å². The standard InChI is InChI=1S/C54H80O5/c1-11-12-13-14-15-16-17-18-19-20-21-32-52(58)59-40-46(51(57)37-50-45(6)36-48(56)39-54(50,9)10)31-25-30-42(3)27-23-22-26-41(2)28-24-29-43(4)33-34-49-44(5)35-47(55)38-53(49,7)8/h21-35,47-49,55-56H,11-20,36-40H2,1-10H3/b23-22+,28-24+,30-25+,32-21+,34-33+,41-26+,42-27+,43-29+,46-31+/t47-,48+,49-/m0/s1. The van der Waals surface area contributed by atoms with Gasteiger partial charge >= 0.3 is 5.97 Å². The van der Waals surface area contributed by atoms with Crippen molar-refractivity contribution >= 4 is 11.8 Å². The van der Waals surface area contributed by atoms with Crippen molar-refractivity contribution in [3.8, 4) is 0 Å². The summed E-state index contributed by atoms with van der Waals surface area (Å²) in [6.07, 6.45) is 43.3. The summed E-state index contributed by atoms with van der Waals surface area (Å²) in [5.74, 6) is -0.195. The Morgan fingerprint density at radius 1 is 0.746 bits per heavy atom. The fourth-order valence-corrected chi connectivity index (χ4v) is 8.33. The van der Waals surface area contributed by atoms with E-state index in [1.54, 1.807) is 6.08 Å². The molecule has 2 aliphatic rings. The van der Waals surface area contributed by atoms with Gasteiger partial charge in [-0.2, -0.15) is 0 Å². The molecule has 0 bridgehead atoms. The fourth-order valence-electron chi connectivity index (χ4n) is 8.33. The van der Waals surface area contributed by atoms with Crippen molar-refractivity contribution in [2.45, 2.75) is 171 Å². The second-order valence-corrected chi connectivity index (χ2v) is 18.5. The second-order valence-electron chi connectivity index (χ2n) is 18.5. The van der Waals surface area contributed by atoms with Crippen LogP contribution in [0.2, 0.25) is 0 Å². The summed E-state index contributed by atoms with van der Waals surface area (Å²) in [5, 5.41) is 20.5. The summed E-state index contributed by atoms with van der Waals surface area (Å²) >= 11 is 0. The number of carbonyl (C=O) groups excluding carboxylic acids is 2. The minimum atomic E-state index is -0.434. The molecule has 0 heterocycles. The second kappa shape index (κ2) is 27.1. The van der Waals surface area contributed by atoms with E-state index >= 15 is 0 Å². The molecule has 0 aromatic carbocycles. The van der Waals surface area contributed by atoms with E-state index in [1.807, 2.05) is 56.4 Å². The van der Waals surface area contributed by atoms with Crippen molar-refractivity contribution in [2.24, 2.45) is 16.7 Å². The first-order chi connectivity index (χ1) is 27.9. The normalized spacial score (nSPS) is 22.2. The largest absolute Gasteiger partial charge is 0.458 e. The minimum absolute atomic E-state index is 0.0215. The minimum Gasteiger partial charge on any atom is -0.458 e. The summed E-state index contributed by atoms with van der Waals surface area (Å²) in [4.78, 5) is 26.4. The predicted molar refractivity (Wildman–Crippen MR) is 251 cm³/mol. The van der Waals surface area contributed by atoms with E-state index in [1.165, 1.54) is 68.6 Å². The lowest BCUT2D eigenvalue weighted by Crippen LogP contribution is -2.32. The zero-order valence-electron chi connectivity index (χ0n) is 38.6. The van der Waals surface area contributed by atoms with Gasteiger partial charge in [0.05, 0.1) is 12.2 Å². The maximum Gasteiger partial charge on any atom is 0.330 e. The first-order valence-corrected chi connectivity index (χ1v) is 22.5. The molecule has 326 valence electrons. The van der Waals surface area contributed by atoms with Crippen LogP contribution in [0.3, 0.4) is 0 Å². The number of ketones is 1. The number of allylic oxidation sites excluding steroid dienone is 18. The summed E-state index contributed by atoms with van der Waals surface area (Å²) in [6.45, 7) is 21.0. The highest BCUT2D eigenvalue weighted by Gasteiger charge is 2.35. The van der Waals surface area contributed by atoms with E-state index < -0.39 is 12.1 Å². The lowest BCUT2D eigenvalue weighted by atomic mass is 9.67. The van der Waals surface area contributed by atoms with Gasteiger partial charge in [-0.1, -0.05) is 204 Å². The molecule has 5 heteroatoms. The molecule has 2 rings (SSSR count). The van der Waals surface area contributed by atoms with Gasteiger partial charge < -0.3 is 14.9 Å². The Kier molecular flexibility index (Phi) is 23.6. The van der Waals surface area contributed by atoms with Gasteiger partial charge in [-0.3, -0.25) is 4.79 Å². The fraction of sp³-hybridized carbons (Fsp3) is 0.556. The SMILES string of the molecule is CCCCCCCCCCC/C=C/C(=O)OC\C(=C/C=C/C(C)=C/C=C/C=C(C)/C=C/C=C(C)/C=C/[C@H]1C(C)=C[C@H](O)CC1(C)C)C(=O)CC1=C(C)C[C@@H](O)CC1(C)C. The Balaban J connectivity index is 2.02. The molecule has 0 spiro atoms. The molecule has 0 aromatic rings. The number of esters is 1. The van der Waals surface area contributed by atoms with E-state index in [0.29, 0.717) is 24.3 Å². The average molecular weight is 809 g/mol. The number of unbranched alkanes of at least 4 members (excludes halogenated alkanes) is 9. The zero-order valence-corrected chi connectivity index (χ0v) is 38.6. The number of rotatable bonds is 24. The molecule has 59 heavy (non-hydrogen) atoms. The van der Waals surface area contributed by atoms with Crippen LogP contribution in [0.15, 0.2) is 130 Å². The Bertz CT molecular complexity index is 1690. The molecular formula is C54H80O5. The van der Waals surface area contributed by atoms with Gasteiger partial charge in [-0.25, -0.2) is 4.79 Å². The smallest absolute Gasteiger partial charge is 0.330 e. The van der Waals surface area contributed by atoms with Gasteiger partial charge in [0.25, 0.3) is 0 Å². The highest BCUT2D eigenvalue weighted by Crippen LogP contribution is 2.43. The van der Waals surface area contributed by atoms with Crippen LogP contribution in [0, 0.1) is 16.7 Å². The van der Waals surface area contributed by atoms with Gasteiger partial charge in [0.2, 0.25) is 0 Å². The predicted octanol–water partition coefficient (Wildman–Crippen LogP) is 13.8. The van der Waals surface area contributed by atoms with Crippen LogP contribution >= 0.6 is 0 Å². The van der Waals surface area contributed by atoms with E-state index in [0.717, 1.165) is 41.6 Å². The lowest BCUT2D eigenvalue weighted by Gasteiger charge is -2.38. The van der Waals surface area contributed by atoms with Crippen molar-refractivity contribution in [2.75, 3.05) is 6.61 Å². The van der Waals surface area contributed by atoms with Gasteiger partial charge in [0, 0.05) is 24.0 Å². The average Bonchev–Trinajstić information content (AvgIpc) is 3.14. The molecule has 0 saturated heterocycles. The van der Waals surface area contributed by atoms with E-state index in [2.05, 4.69) is 91.8 Å². The van der Waals surface area contributed by atoms with Crippen molar-refractivity contribution in [1.29, 1.82) is 0 Å². The van der Waals surface area contributed by atoms with Crippen LogP contribution in [0.1, 0.15) is 159 Å². The highest BCUT2D eigenvalue weighted by molar-refractivity contribution is 5.98. The van der Waals surface area contributed by atoms with Crippen LogP contribution in [-0.4, -0.2) is 40.8 Å². The third-order valence-electron chi connectivity index (χ3n) is 11.7. The lowest BCUT2D eigenvalue weighted by molar-refractivity contribution is -0.137. The molecule has 5 nitrogen and oxygen atoms in total. The molecule has 0 radical (unpaired) electrons. The highest BCUT2D eigenvalue weighted by atomic mass is 16.5. The number of aliphatic hydroxyl groups is 2. The molecular weight excluding hydrogens is 729 g/mol.